The summed E-state index contributed by atoms with van der Waals surface area (Å²) < 4.78 is 0. The molecule has 128 valence electrons. The molecule has 0 aromatic rings. The molecule has 2 atom stereocenters. The number of hydrogen-bond donors (Lipinski definition) is 0. The van der Waals surface area contributed by atoms with Crippen molar-refractivity contribution >= 4 is 17.5 Å². The summed E-state index contributed by atoms with van der Waals surface area (Å²) in [6, 6.07) is 0. The van der Waals surface area contributed by atoms with E-state index in [2.05, 4.69) is 4.90 Å². The van der Waals surface area contributed by atoms with E-state index in [-0.39, 0.29) is 17.1 Å². The highest BCUT2D eigenvalue weighted by atomic mass is 32.2. The van der Waals surface area contributed by atoms with Crippen LogP contribution in [0.4, 0.5) is 0 Å². The standard InChI is InChI=1S/C19H29NO2S/c21-16-11-15(14-5-4-10-23-13-14)12-17(22)18(16)19(6-7-19)20-8-2-1-3-9-20/h14-15,21H,1-13H2/p-1. The summed E-state index contributed by atoms with van der Waals surface area (Å²) in [6.07, 6.45) is 9.55. The number of carbonyl (C=O) groups excluding carboxylic acids is 1. The van der Waals surface area contributed by atoms with Crippen LogP contribution >= 0.6 is 11.8 Å². The number of nitrogens with zero attached hydrogens (tertiary/aromatic N) is 1. The lowest BCUT2D eigenvalue weighted by Gasteiger charge is -2.42. The normalized spacial score (nSPS) is 35.4. The molecule has 2 aliphatic carbocycles. The highest BCUT2D eigenvalue weighted by Gasteiger charge is 2.54. The van der Waals surface area contributed by atoms with Gasteiger partial charge in [0.05, 0.1) is 0 Å². The Bertz CT molecular complexity index is 499. The van der Waals surface area contributed by atoms with Crippen molar-refractivity contribution in [3.8, 4) is 0 Å². The van der Waals surface area contributed by atoms with Gasteiger partial charge in [-0.15, -0.1) is 5.76 Å². The molecule has 0 aromatic carbocycles. The number of likely N-dealkylation sites (tertiary alicyclic amines) is 1. The first kappa shape index (κ1) is 16.0. The molecular weight excluding hydrogens is 306 g/mol. The maximum absolute atomic E-state index is 12.9. The summed E-state index contributed by atoms with van der Waals surface area (Å²) in [4.78, 5) is 15.4. The number of hydrogen-bond acceptors (Lipinski definition) is 4. The molecule has 3 fully saturated rings. The molecule has 23 heavy (non-hydrogen) atoms. The Morgan fingerprint density at radius 1 is 1.04 bits per heavy atom. The molecule has 0 spiro atoms. The number of rotatable bonds is 3. The van der Waals surface area contributed by atoms with Gasteiger partial charge in [0.1, 0.15) is 0 Å². The smallest absolute Gasteiger partial charge is 0.160 e. The molecule has 4 heteroatoms. The Morgan fingerprint density at radius 3 is 2.43 bits per heavy atom. The van der Waals surface area contributed by atoms with Crippen LogP contribution in [-0.4, -0.2) is 40.8 Å². The Balaban J connectivity index is 1.53. The zero-order valence-electron chi connectivity index (χ0n) is 14.0. The van der Waals surface area contributed by atoms with Gasteiger partial charge in [-0.3, -0.25) is 9.69 Å². The maximum Gasteiger partial charge on any atom is 0.160 e. The van der Waals surface area contributed by atoms with Crippen LogP contribution in [-0.2, 0) is 4.79 Å². The second-order valence-electron chi connectivity index (χ2n) is 7.95. The van der Waals surface area contributed by atoms with Gasteiger partial charge in [-0.25, -0.2) is 0 Å². The predicted octanol–water partition coefficient (Wildman–Crippen LogP) is 2.74. The van der Waals surface area contributed by atoms with Crippen LogP contribution in [0.3, 0.4) is 0 Å². The molecule has 0 bridgehead atoms. The van der Waals surface area contributed by atoms with Crippen LogP contribution in [0.2, 0.25) is 0 Å². The summed E-state index contributed by atoms with van der Waals surface area (Å²) in [5, 5.41) is 12.9. The molecular formula is C19H28NO2S-. The molecule has 3 nitrogen and oxygen atoms in total. The van der Waals surface area contributed by atoms with Gasteiger partial charge in [-0.2, -0.15) is 11.8 Å². The zero-order chi connectivity index (χ0) is 15.9. The third-order valence-corrected chi connectivity index (χ3v) is 7.71. The largest absolute Gasteiger partial charge is 0.875 e. The number of ketones is 1. The Kier molecular flexibility index (Phi) is 4.48. The number of allylic oxidation sites excluding steroid dienone is 1. The minimum atomic E-state index is -0.138. The molecule has 0 amide bonds. The third kappa shape index (κ3) is 2.97. The minimum absolute atomic E-state index is 0.138. The van der Waals surface area contributed by atoms with Crippen molar-refractivity contribution in [3.05, 3.63) is 11.3 Å². The summed E-state index contributed by atoms with van der Waals surface area (Å²) in [6.45, 7) is 2.15. The molecule has 0 aromatic heterocycles. The second-order valence-corrected chi connectivity index (χ2v) is 9.10. The van der Waals surface area contributed by atoms with Gasteiger partial charge in [0.2, 0.25) is 0 Å². The van der Waals surface area contributed by atoms with Crippen LogP contribution in [0.1, 0.15) is 57.8 Å². The average Bonchev–Trinajstić information content (AvgIpc) is 3.37. The summed E-state index contributed by atoms with van der Waals surface area (Å²) in [7, 11) is 0. The van der Waals surface area contributed by atoms with Crippen LogP contribution in [0.15, 0.2) is 11.3 Å². The van der Waals surface area contributed by atoms with Crippen LogP contribution in [0.25, 0.3) is 0 Å². The number of Topliss-reactive ketones (excluding diaryl/α,β-unsaturated/α-hetero) is 1. The van der Waals surface area contributed by atoms with E-state index in [1.165, 1.54) is 37.9 Å². The molecule has 2 unspecified atom stereocenters. The lowest BCUT2D eigenvalue weighted by molar-refractivity contribution is -0.312. The van der Waals surface area contributed by atoms with Gasteiger partial charge in [0.25, 0.3) is 0 Å². The van der Waals surface area contributed by atoms with Crippen LogP contribution in [0, 0.1) is 11.8 Å². The van der Waals surface area contributed by atoms with Crippen molar-refractivity contribution in [2.24, 2.45) is 11.8 Å². The van der Waals surface area contributed by atoms with E-state index in [0.717, 1.165) is 31.7 Å². The Labute approximate surface area is 143 Å². The number of piperidine rings is 1. The first-order valence-electron chi connectivity index (χ1n) is 9.47. The first-order valence-corrected chi connectivity index (χ1v) is 10.6. The van der Waals surface area contributed by atoms with Crippen molar-refractivity contribution in [3.63, 3.8) is 0 Å². The highest BCUT2D eigenvalue weighted by Crippen LogP contribution is 2.52. The van der Waals surface area contributed by atoms with Crippen molar-refractivity contribution < 1.29 is 9.90 Å². The average molecular weight is 335 g/mol. The Morgan fingerprint density at radius 2 is 1.83 bits per heavy atom. The van der Waals surface area contributed by atoms with Gasteiger partial charge >= 0.3 is 0 Å². The third-order valence-electron chi connectivity index (χ3n) is 6.47. The van der Waals surface area contributed by atoms with Gasteiger partial charge in [-0.05, 0) is 81.4 Å². The lowest BCUT2D eigenvalue weighted by atomic mass is 9.75. The monoisotopic (exact) mass is 334 g/mol. The van der Waals surface area contributed by atoms with E-state index in [1.54, 1.807) is 0 Å². The van der Waals surface area contributed by atoms with E-state index in [9.17, 15) is 9.90 Å². The van der Waals surface area contributed by atoms with E-state index in [4.69, 9.17) is 0 Å². The molecule has 2 heterocycles. The second kappa shape index (κ2) is 6.44. The van der Waals surface area contributed by atoms with Crippen molar-refractivity contribution in [1.82, 2.24) is 4.90 Å². The molecule has 2 saturated heterocycles. The van der Waals surface area contributed by atoms with E-state index in [0.29, 0.717) is 30.3 Å². The van der Waals surface area contributed by atoms with Crippen molar-refractivity contribution in [1.29, 1.82) is 0 Å². The summed E-state index contributed by atoms with van der Waals surface area (Å²) in [5.41, 5.74) is 0.569. The topological polar surface area (TPSA) is 43.4 Å². The van der Waals surface area contributed by atoms with Gasteiger partial charge in [-0.1, -0.05) is 6.42 Å². The molecule has 4 aliphatic rings. The van der Waals surface area contributed by atoms with Crippen LogP contribution < -0.4 is 5.11 Å². The SMILES string of the molecule is O=C1CC(C2CCCSC2)CC([O-])=C1C1(N2CCCCC2)CC1. The Hall–Kier alpha value is -0.480. The summed E-state index contributed by atoms with van der Waals surface area (Å²) in [5.74, 6) is 3.71. The highest BCUT2D eigenvalue weighted by molar-refractivity contribution is 7.99. The lowest BCUT2D eigenvalue weighted by Crippen LogP contribution is -2.47. The van der Waals surface area contributed by atoms with E-state index < -0.39 is 0 Å². The predicted molar refractivity (Wildman–Crippen MR) is 92.2 cm³/mol. The fraction of sp³-hybridized carbons (Fsp3) is 0.842. The minimum Gasteiger partial charge on any atom is -0.875 e. The maximum atomic E-state index is 12.9. The first-order chi connectivity index (χ1) is 11.2. The number of thioether (sulfide) groups is 1. The zero-order valence-corrected chi connectivity index (χ0v) is 14.8. The molecule has 1 saturated carbocycles. The molecule has 2 aliphatic heterocycles. The van der Waals surface area contributed by atoms with Gasteiger partial charge in [0, 0.05) is 17.5 Å². The fourth-order valence-electron chi connectivity index (χ4n) is 5.06. The molecule has 0 radical (unpaired) electrons. The van der Waals surface area contributed by atoms with Crippen molar-refractivity contribution in [2.75, 3.05) is 24.6 Å². The summed E-state index contributed by atoms with van der Waals surface area (Å²) >= 11 is 2.00. The van der Waals surface area contributed by atoms with Gasteiger partial charge < -0.3 is 5.11 Å². The molecule has 0 N–H and O–H groups in total. The van der Waals surface area contributed by atoms with Gasteiger partial charge in [0.15, 0.2) is 5.78 Å². The van der Waals surface area contributed by atoms with E-state index in [1.807, 2.05) is 11.8 Å². The van der Waals surface area contributed by atoms with Crippen LogP contribution in [0.5, 0.6) is 0 Å². The molecule has 4 rings (SSSR count). The fourth-order valence-corrected chi connectivity index (χ4v) is 6.34. The van der Waals surface area contributed by atoms with E-state index >= 15 is 0 Å². The number of carbonyl (C=O) groups is 1. The quantitative estimate of drug-likeness (QED) is 0.796. The van der Waals surface area contributed by atoms with Crippen molar-refractivity contribution in [2.45, 2.75) is 63.3 Å².